The number of pyridine rings is 1. The zero-order chi connectivity index (χ0) is 19.8. The molecule has 0 aromatic carbocycles. The van der Waals surface area contributed by atoms with Crippen molar-refractivity contribution in [3.8, 4) is 0 Å². The van der Waals surface area contributed by atoms with Crippen molar-refractivity contribution in [2.45, 2.75) is 45.6 Å². The lowest BCUT2D eigenvalue weighted by molar-refractivity contribution is -0.119. The standard InChI is InChI=1S/C19H21N5O3S/c1-10(2)13-9-12(15-11(3)23-27-17(15)21-13)18(26)24-7-4-5-14(24)16(25)22-19-20-6-8-28-19/h6,8-10,14H,4-5,7H2,1-3H3,(H,20,22,25). The molecule has 1 unspecified atom stereocenters. The number of hydrogen-bond donors (Lipinski definition) is 1. The number of likely N-dealkylation sites (tertiary alicyclic amines) is 1. The van der Waals surface area contributed by atoms with Crippen LogP contribution in [0.3, 0.4) is 0 Å². The summed E-state index contributed by atoms with van der Waals surface area (Å²) in [6, 6.07) is 1.27. The average molecular weight is 399 g/mol. The molecule has 1 atom stereocenters. The second-order valence-electron chi connectivity index (χ2n) is 7.18. The van der Waals surface area contributed by atoms with Gasteiger partial charge in [0.05, 0.1) is 16.6 Å². The summed E-state index contributed by atoms with van der Waals surface area (Å²) < 4.78 is 5.32. The number of aromatic nitrogens is 3. The topological polar surface area (TPSA) is 101 Å². The first-order chi connectivity index (χ1) is 13.5. The van der Waals surface area contributed by atoms with Gasteiger partial charge in [0.25, 0.3) is 11.6 Å². The number of carbonyl (C=O) groups excluding carboxylic acids is 2. The molecule has 1 N–H and O–H groups in total. The maximum atomic E-state index is 13.4. The highest BCUT2D eigenvalue weighted by Gasteiger charge is 2.36. The third kappa shape index (κ3) is 3.26. The minimum absolute atomic E-state index is 0.129. The molecule has 3 aromatic heterocycles. The normalized spacial score (nSPS) is 16.9. The van der Waals surface area contributed by atoms with Crippen LogP contribution in [0.1, 0.15) is 54.4 Å². The Balaban J connectivity index is 1.68. The highest BCUT2D eigenvalue weighted by Crippen LogP contribution is 2.29. The molecule has 4 rings (SSSR count). The van der Waals surface area contributed by atoms with Crippen LogP contribution in [-0.4, -0.2) is 44.4 Å². The lowest BCUT2D eigenvalue weighted by Gasteiger charge is -2.24. The number of anilines is 1. The number of amides is 2. The van der Waals surface area contributed by atoms with E-state index in [-0.39, 0.29) is 17.7 Å². The molecule has 0 radical (unpaired) electrons. The van der Waals surface area contributed by atoms with Gasteiger partial charge in [0.15, 0.2) is 5.13 Å². The van der Waals surface area contributed by atoms with E-state index < -0.39 is 6.04 Å². The smallest absolute Gasteiger partial charge is 0.259 e. The molecule has 28 heavy (non-hydrogen) atoms. The molecular weight excluding hydrogens is 378 g/mol. The third-order valence-corrected chi connectivity index (χ3v) is 5.63. The van der Waals surface area contributed by atoms with E-state index in [0.717, 1.165) is 12.1 Å². The summed E-state index contributed by atoms with van der Waals surface area (Å²) in [5, 5.41) is 9.72. The highest BCUT2D eigenvalue weighted by molar-refractivity contribution is 7.13. The van der Waals surface area contributed by atoms with Gasteiger partial charge in [0.2, 0.25) is 5.91 Å². The van der Waals surface area contributed by atoms with Crippen molar-refractivity contribution >= 4 is 39.4 Å². The van der Waals surface area contributed by atoms with Crippen LogP contribution < -0.4 is 5.32 Å². The van der Waals surface area contributed by atoms with Gasteiger partial charge in [-0.15, -0.1) is 11.3 Å². The van der Waals surface area contributed by atoms with Crippen LogP contribution in [0.2, 0.25) is 0 Å². The fraction of sp³-hybridized carbons (Fsp3) is 0.421. The van der Waals surface area contributed by atoms with Gasteiger partial charge in [0, 0.05) is 23.8 Å². The lowest BCUT2D eigenvalue weighted by Crippen LogP contribution is -2.43. The number of carbonyl (C=O) groups is 2. The molecular formula is C19H21N5O3S. The number of aryl methyl sites for hydroxylation is 1. The van der Waals surface area contributed by atoms with E-state index in [9.17, 15) is 9.59 Å². The first kappa shape index (κ1) is 18.5. The summed E-state index contributed by atoms with van der Waals surface area (Å²) in [6.07, 6.45) is 3.03. The summed E-state index contributed by atoms with van der Waals surface area (Å²) in [5.74, 6) is -0.279. The van der Waals surface area contributed by atoms with Crippen LogP contribution in [0.5, 0.6) is 0 Å². The third-order valence-electron chi connectivity index (χ3n) is 4.94. The summed E-state index contributed by atoms with van der Waals surface area (Å²) in [5.41, 5.74) is 2.22. The van der Waals surface area contributed by atoms with Gasteiger partial charge >= 0.3 is 0 Å². The summed E-state index contributed by atoms with van der Waals surface area (Å²) in [6.45, 7) is 6.33. The highest BCUT2D eigenvalue weighted by atomic mass is 32.1. The van der Waals surface area contributed by atoms with Gasteiger partial charge in [0.1, 0.15) is 6.04 Å². The van der Waals surface area contributed by atoms with E-state index in [2.05, 4.69) is 20.4 Å². The molecule has 1 aliphatic rings. The Kier molecular flexibility index (Phi) is 4.84. The monoisotopic (exact) mass is 399 g/mol. The molecule has 0 spiro atoms. The van der Waals surface area contributed by atoms with Crippen LogP contribution in [0.15, 0.2) is 22.2 Å². The van der Waals surface area contributed by atoms with Gasteiger partial charge in [-0.1, -0.05) is 19.0 Å². The van der Waals surface area contributed by atoms with Gasteiger partial charge in [-0.3, -0.25) is 9.59 Å². The summed E-state index contributed by atoms with van der Waals surface area (Å²) in [7, 11) is 0. The average Bonchev–Trinajstić information content (AvgIpc) is 3.41. The molecule has 0 aliphatic carbocycles. The Hall–Kier alpha value is -2.81. The van der Waals surface area contributed by atoms with Gasteiger partial charge < -0.3 is 14.7 Å². The van der Waals surface area contributed by atoms with E-state index in [4.69, 9.17) is 4.52 Å². The Morgan fingerprint density at radius 3 is 2.93 bits per heavy atom. The molecule has 3 aromatic rings. The second-order valence-corrected chi connectivity index (χ2v) is 8.08. The molecule has 0 saturated carbocycles. The fourth-order valence-electron chi connectivity index (χ4n) is 3.49. The maximum Gasteiger partial charge on any atom is 0.259 e. The van der Waals surface area contributed by atoms with E-state index in [0.29, 0.717) is 40.5 Å². The zero-order valence-corrected chi connectivity index (χ0v) is 16.7. The summed E-state index contributed by atoms with van der Waals surface area (Å²) in [4.78, 5) is 36.4. The lowest BCUT2D eigenvalue weighted by atomic mass is 10.0. The van der Waals surface area contributed by atoms with Crippen molar-refractivity contribution < 1.29 is 14.1 Å². The molecule has 8 nitrogen and oxygen atoms in total. The summed E-state index contributed by atoms with van der Waals surface area (Å²) >= 11 is 1.35. The predicted molar refractivity (Wildman–Crippen MR) is 105 cm³/mol. The van der Waals surface area contributed by atoms with Crippen molar-refractivity contribution in [1.82, 2.24) is 20.0 Å². The van der Waals surface area contributed by atoms with Gasteiger partial charge in [-0.25, -0.2) is 9.97 Å². The number of nitrogens with one attached hydrogen (secondary N) is 1. The Labute approximate surface area is 165 Å². The fourth-order valence-corrected chi connectivity index (χ4v) is 4.02. The Morgan fingerprint density at radius 2 is 2.21 bits per heavy atom. The number of rotatable bonds is 4. The van der Waals surface area contributed by atoms with Crippen LogP contribution in [0.25, 0.3) is 11.1 Å². The largest absolute Gasteiger partial charge is 0.336 e. The molecule has 1 saturated heterocycles. The molecule has 1 fully saturated rings. The Morgan fingerprint density at radius 1 is 1.39 bits per heavy atom. The quantitative estimate of drug-likeness (QED) is 0.722. The molecule has 0 bridgehead atoms. The zero-order valence-electron chi connectivity index (χ0n) is 15.9. The van der Waals surface area contributed by atoms with E-state index >= 15 is 0 Å². The molecule has 2 amide bonds. The molecule has 146 valence electrons. The van der Waals surface area contributed by atoms with Crippen molar-refractivity contribution in [3.63, 3.8) is 0 Å². The number of hydrogen-bond acceptors (Lipinski definition) is 7. The van der Waals surface area contributed by atoms with E-state index in [1.165, 1.54) is 11.3 Å². The van der Waals surface area contributed by atoms with Gasteiger partial charge in [-0.2, -0.15) is 0 Å². The van der Waals surface area contributed by atoms with Crippen LogP contribution in [-0.2, 0) is 4.79 Å². The van der Waals surface area contributed by atoms with Crippen molar-refractivity contribution in [2.24, 2.45) is 0 Å². The van der Waals surface area contributed by atoms with E-state index in [1.807, 2.05) is 13.8 Å². The van der Waals surface area contributed by atoms with Crippen LogP contribution in [0, 0.1) is 6.92 Å². The Bertz CT molecular complexity index is 1030. The predicted octanol–water partition coefficient (Wildman–Crippen LogP) is 3.35. The number of thiazole rings is 1. The van der Waals surface area contributed by atoms with Crippen molar-refractivity contribution in [3.05, 3.63) is 34.6 Å². The van der Waals surface area contributed by atoms with Crippen molar-refractivity contribution in [1.29, 1.82) is 0 Å². The minimum Gasteiger partial charge on any atom is -0.336 e. The number of nitrogens with zero attached hydrogens (tertiary/aromatic N) is 4. The van der Waals surface area contributed by atoms with Crippen LogP contribution in [0.4, 0.5) is 5.13 Å². The molecule has 1 aliphatic heterocycles. The van der Waals surface area contributed by atoms with Gasteiger partial charge in [-0.05, 0) is 31.7 Å². The first-order valence-corrected chi connectivity index (χ1v) is 10.1. The first-order valence-electron chi connectivity index (χ1n) is 9.24. The minimum atomic E-state index is -0.526. The number of fused-ring (bicyclic) bond motifs is 1. The van der Waals surface area contributed by atoms with E-state index in [1.54, 1.807) is 29.5 Å². The SMILES string of the molecule is Cc1noc2nc(C(C)C)cc(C(=O)N3CCCC3C(=O)Nc3nccs3)c12. The maximum absolute atomic E-state index is 13.4. The molecule has 9 heteroatoms. The van der Waals surface area contributed by atoms with Crippen LogP contribution >= 0.6 is 11.3 Å². The molecule has 4 heterocycles. The van der Waals surface area contributed by atoms with Crippen molar-refractivity contribution in [2.75, 3.05) is 11.9 Å². The second kappa shape index (κ2) is 7.31.